The van der Waals surface area contributed by atoms with E-state index in [-0.39, 0.29) is 5.69 Å². The lowest BCUT2D eigenvalue weighted by atomic mass is 10.1. The maximum atomic E-state index is 12.0. The summed E-state index contributed by atoms with van der Waals surface area (Å²) in [5.74, 6) is 0.00515. The highest BCUT2D eigenvalue weighted by atomic mass is 35.5. The number of nitro groups is 1. The molecule has 0 radical (unpaired) electrons. The fourth-order valence-corrected chi connectivity index (χ4v) is 2.08. The van der Waals surface area contributed by atoms with Gasteiger partial charge in [-0.25, -0.2) is 0 Å². The number of carbonyl (C=O) groups excluding carboxylic acids is 1. The normalized spacial score (nSPS) is 10.5. The summed E-state index contributed by atoms with van der Waals surface area (Å²) < 4.78 is 5.13. The number of halogens is 1. The number of hydrogen-bond acceptors (Lipinski definition) is 4. The van der Waals surface area contributed by atoms with E-state index in [4.69, 9.17) is 16.3 Å². The summed E-state index contributed by atoms with van der Waals surface area (Å²) in [5.41, 5.74) is 0.680. The van der Waals surface area contributed by atoms with Crippen molar-refractivity contribution < 1.29 is 14.5 Å². The molecule has 2 rings (SSSR count). The second-order valence-electron chi connectivity index (χ2n) is 4.48. The highest BCUT2D eigenvalue weighted by Gasteiger charge is 2.10. The Labute approximate surface area is 137 Å². The first kappa shape index (κ1) is 16.5. The van der Waals surface area contributed by atoms with Crippen molar-refractivity contribution in [3.05, 3.63) is 69.2 Å². The van der Waals surface area contributed by atoms with Crippen molar-refractivity contribution in [2.24, 2.45) is 0 Å². The zero-order valence-corrected chi connectivity index (χ0v) is 12.9. The SMILES string of the molecule is COc1ccc(Cl)cc1NC(=O)/C=C/c1ccccc1[N+](=O)[O-]. The third kappa shape index (κ3) is 4.31. The molecule has 0 spiro atoms. The molecule has 0 aromatic heterocycles. The van der Waals surface area contributed by atoms with Gasteiger partial charge in [0.25, 0.3) is 5.69 Å². The zero-order valence-electron chi connectivity index (χ0n) is 12.2. The largest absolute Gasteiger partial charge is 0.495 e. The molecular weight excluding hydrogens is 320 g/mol. The fourth-order valence-electron chi connectivity index (χ4n) is 1.91. The molecule has 0 saturated carbocycles. The van der Waals surface area contributed by atoms with Crippen LogP contribution in [0.1, 0.15) is 5.56 Å². The first-order chi connectivity index (χ1) is 11.0. The summed E-state index contributed by atoms with van der Waals surface area (Å²) >= 11 is 5.89. The summed E-state index contributed by atoms with van der Waals surface area (Å²) in [7, 11) is 1.47. The van der Waals surface area contributed by atoms with Crippen LogP contribution in [0, 0.1) is 10.1 Å². The second-order valence-corrected chi connectivity index (χ2v) is 4.92. The van der Waals surface area contributed by atoms with Crippen LogP contribution in [0.5, 0.6) is 5.75 Å². The molecule has 0 aliphatic rings. The Hall–Kier alpha value is -2.86. The van der Waals surface area contributed by atoms with E-state index in [1.807, 2.05) is 0 Å². The van der Waals surface area contributed by atoms with Crippen molar-refractivity contribution >= 4 is 35.0 Å². The van der Waals surface area contributed by atoms with E-state index in [2.05, 4.69) is 5.32 Å². The molecule has 0 aliphatic carbocycles. The van der Waals surface area contributed by atoms with Crippen LogP contribution in [0.4, 0.5) is 11.4 Å². The Bertz CT molecular complexity index is 774. The van der Waals surface area contributed by atoms with Gasteiger partial charge in [0.05, 0.1) is 23.3 Å². The van der Waals surface area contributed by atoms with Crippen LogP contribution in [-0.2, 0) is 4.79 Å². The van der Waals surface area contributed by atoms with E-state index < -0.39 is 10.8 Å². The monoisotopic (exact) mass is 332 g/mol. The molecule has 2 aromatic rings. The van der Waals surface area contributed by atoms with Gasteiger partial charge in [-0.05, 0) is 30.3 Å². The minimum Gasteiger partial charge on any atom is -0.495 e. The minimum absolute atomic E-state index is 0.0723. The van der Waals surface area contributed by atoms with Crippen molar-refractivity contribution in [2.75, 3.05) is 12.4 Å². The summed E-state index contributed by atoms with van der Waals surface area (Å²) in [5, 5.41) is 14.0. The van der Waals surface area contributed by atoms with Crippen LogP contribution in [0.3, 0.4) is 0 Å². The lowest BCUT2D eigenvalue weighted by Gasteiger charge is -2.08. The summed E-state index contributed by atoms with van der Waals surface area (Å²) in [6.07, 6.45) is 2.59. The van der Waals surface area contributed by atoms with Gasteiger partial charge in [-0.15, -0.1) is 0 Å². The number of nitrogens with one attached hydrogen (secondary N) is 1. The molecule has 2 aromatic carbocycles. The van der Waals surface area contributed by atoms with Crippen LogP contribution in [0.2, 0.25) is 5.02 Å². The van der Waals surface area contributed by atoms with Crippen LogP contribution in [0.25, 0.3) is 6.08 Å². The van der Waals surface area contributed by atoms with E-state index in [9.17, 15) is 14.9 Å². The molecule has 1 N–H and O–H groups in total. The predicted molar refractivity (Wildman–Crippen MR) is 88.8 cm³/mol. The Morgan fingerprint density at radius 2 is 2.04 bits per heavy atom. The highest BCUT2D eigenvalue weighted by Crippen LogP contribution is 2.27. The molecule has 118 valence electrons. The zero-order chi connectivity index (χ0) is 16.8. The average molecular weight is 333 g/mol. The topological polar surface area (TPSA) is 81.5 Å². The predicted octanol–water partition coefficient (Wildman–Crippen LogP) is 3.91. The van der Waals surface area contributed by atoms with Crippen molar-refractivity contribution in [1.29, 1.82) is 0 Å². The number of para-hydroxylation sites is 1. The van der Waals surface area contributed by atoms with Crippen LogP contribution in [0.15, 0.2) is 48.5 Å². The maximum absolute atomic E-state index is 12.0. The van der Waals surface area contributed by atoms with Crippen LogP contribution < -0.4 is 10.1 Å². The summed E-state index contributed by atoms with van der Waals surface area (Å²) in [6.45, 7) is 0. The van der Waals surface area contributed by atoms with Crippen molar-refractivity contribution in [3.8, 4) is 5.75 Å². The van der Waals surface area contributed by atoms with Gasteiger partial charge in [-0.2, -0.15) is 0 Å². The maximum Gasteiger partial charge on any atom is 0.276 e. The smallest absolute Gasteiger partial charge is 0.276 e. The number of nitro benzene ring substituents is 1. The minimum atomic E-state index is -0.502. The van der Waals surface area contributed by atoms with Crippen LogP contribution in [-0.4, -0.2) is 17.9 Å². The highest BCUT2D eigenvalue weighted by molar-refractivity contribution is 6.31. The number of ether oxygens (including phenoxy) is 1. The second kappa shape index (κ2) is 7.42. The third-order valence-corrected chi connectivity index (χ3v) is 3.20. The molecular formula is C16H13ClN2O4. The van der Waals surface area contributed by atoms with Gasteiger partial charge >= 0.3 is 0 Å². The van der Waals surface area contributed by atoms with Crippen molar-refractivity contribution in [3.63, 3.8) is 0 Å². The number of nitrogens with zero attached hydrogens (tertiary/aromatic N) is 1. The third-order valence-electron chi connectivity index (χ3n) is 2.97. The number of methoxy groups -OCH3 is 1. The fraction of sp³-hybridized carbons (Fsp3) is 0.0625. The quantitative estimate of drug-likeness (QED) is 0.511. The van der Waals surface area contributed by atoms with E-state index in [1.54, 1.807) is 36.4 Å². The van der Waals surface area contributed by atoms with Gasteiger partial charge in [0, 0.05) is 17.2 Å². The first-order valence-electron chi connectivity index (χ1n) is 6.57. The molecule has 1 amide bonds. The molecule has 0 atom stereocenters. The van der Waals surface area contributed by atoms with Gasteiger partial charge in [-0.1, -0.05) is 23.7 Å². The molecule has 23 heavy (non-hydrogen) atoms. The number of benzene rings is 2. The van der Waals surface area contributed by atoms with Gasteiger partial charge in [0.2, 0.25) is 5.91 Å². The molecule has 0 saturated heterocycles. The molecule has 0 unspecified atom stereocenters. The van der Waals surface area contributed by atoms with Gasteiger partial charge < -0.3 is 10.1 Å². The molecule has 0 heterocycles. The van der Waals surface area contributed by atoms with Crippen molar-refractivity contribution in [2.45, 2.75) is 0 Å². The lowest BCUT2D eigenvalue weighted by molar-refractivity contribution is -0.385. The lowest BCUT2D eigenvalue weighted by Crippen LogP contribution is -2.09. The van der Waals surface area contributed by atoms with Crippen molar-refractivity contribution in [1.82, 2.24) is 0 Å². The number of carbonyl (C=O) groups is 1. The molecule has 6 nitrogen and oxygen atoms in total. The van der Waals surface area contributed by atoms with E-state index in [0.717, 1.165) is 0 Å². The molecule has 0 fully saturated rings. The Morgan fingerprint density at radius 1 is 1.30 bits per heavy atom. The van der Waals surface area contributed by atoms with E-state index in [0.29, 0.717) is 22.0 Å². The number of hydrogen-bond donors (Lipinski definition) is 1. The number of amides is 1. The van der Waals surface area contributed by atoms with E-state index >= 15 is 0 Å². The standard InChI is InChI=1S/C16H13ClN2O4/c1-23-15-8-7-12(17)10-13(15)18-16(20)9-6-11-4-2-3-5-14(11)19(21)22/h2-10H,1H3,(H,18,20)/b9-6+. The van der Waals surface area contributed by atoms with Crippen LogP contribution >= 0.6 is 11.6 Å². The average Bonchev–Trinajstić information content (AvgIpc) is 2.53. The number of rotatable bonds is 5. The van der Waals surface area contributed by atoms with Gasteiger partial charge in [0.1, 0.15) is 5.75 Å². The Morgan fingerprint density at radius 3 is 2.74 bits per heavy atom. The first-order valence-corrected chi connectivity index (χ1v) is 6.95. The number of anilines is 1. The summed E-state index contributed by atoms with van der Waals surface area (Å²) in [6, 6.07) is 11.0. The van der Waals surface area contributed by atoms with Gasteiger partial charge in [-0.3, -0.25) is 14.9 Å². The van der Waals surface area contributed by atoms with E-state index in [1.165, 1.54) is 25.3 Å². The summed E-state index contributed by atoms with van der Waals surface area (Å²) in [4.78, 5) is 22.4. The Balaban J connectivity index is 2.17. The molecule has 7 heteroatoms. The molecule has 0 aliphatic heterocycles. The van der Waals surface area contributed by atoms with Gasteiger partial charge in [0.15, 0.2) is 0 Å². The Kier molecular flexibility index (Phi) is 5.32. The molecule has 0 bridgehead atoms.